The third-order valence-electron chi connectivity index (χ3n) is 3.07. The van der Waals surface area contributed by atoms with Gasteiger partial charge in [-0.15, -0.1) is 11.3 Å². The van der Waals surface area contributed by atoms with Crippen LogP contribution in [0.4, 0.5) is 0 Å². The molecular formula is C14H24ClNS. The predicted molar refractivity (Wildman–Crippen MR) is 79.0 cm³/mol. The molecule has 0 bridgehead atoms. The highest BCUT2D eigenvalue weighted by atomic mass is 35.5. The van der Waals surface area contributed by atoms with Gasteiger partial charge in [-0.1, -0.05) is 57.0 Å². The minimum atomic E-state index is 0.275. The monoisotopic (exact) mass is 273 g/mol. The van der Waals surface area contributed by atoms with E-state index in [1.54, 1.807) is 11.3 Å². The van der Waals surface area contributed by atoms with E-state index in [0.717, 1.165) is 17.9 Å². The number of nitrogens with two attached hydrogens (primary N) is 1. The molecule has 3 heteroatoms. The van der Waals surface area contributed by atoms with Crippen LogP contribution in [0.15, 0.2) is 11.4 Å². The molecule has 0 aliphatic carbocycles. The summed E-state index contributed by atoms with van der Waals surface area (Å²) in [5, 5.41) is 2.92. The van der Waals surface area contributed by atoms with E-state index in [0.29, 0.717) is 0 Å². The van der Waals surface area contributed by atoms with Crippen LogP contribution in [0, 0.1) is 0 Å². The molecule has 1 aromatic rings. The SMILES string of the molecule is CCCCCCCCC(N)Cc1sccc1Cl. The van der Waals surface area contributed by atoms with Gasteiger partial charge in [0.1, 0.15) is 0 Å². The zero-order valence-electron chi connectivity index (χ0n) is 10.8. The summed E-state index contributed by atoms with van der Waals surface area (Å²) in [7, 11) is 0. The second-order valence-corrected chi connectivity index (χ2v) is 6.12. The van der Waals surface area contributed by atoms with Crippen molar-refractivity contribution < 1.29 is 0 Å². The van der Waals surface area contributed by atoms with Crippen molar-refractivity contribution in [2.45, 2.75) is 64.3 Å². The zero-order valence-corrected chi connectivity index (χ0v) is 12.3. The standard InChI is InChI=1S/C14H24ClNS/c1-2-3-4-5-6-7-8-12(16)11-14-13(15)9-10-17-14/h9-10,12H,2-8,11,16H2,1H3. The Morgan fingerprint density at radius 3 is 2.59 bits per heavy atom. The van der Waals surface area contributed by atoms with Crippen molar-refractivity contribution >= 4 is 22.9 Å². The third kappa shape index (κ3) is 6.44. The molecular weight excluding hydrogens is 250 g/mol. The highest BCUT2D eigenvalue weighted by molar-refractivity contribution is 7.10. The fraction of sp³-hybridized carbons (Fsp3) is 0.714. The van der Waals surface area contributed by atoms with Crippen LogP contribution in [0.2, 0.25) is 5.02 Å². The maximum atomic E-state index is 6.12. The van der Waals surface area contributed by atoms with Crippen molar-refractivity contribution in [3.05, 3.63) is 21.3 Å². The summed E-state index contributed by atoms with van der Waals surface area (Å²) in [6.45, 7) is 2.25. The van der Waals surface area contributed by atoms with Crippen molar-refractivity contribution in [3.8, 4) is 0 Å². The van der Waals surface area contributed by atoms with Gasteiger partial charge in [0.2, 0.25) is 0 Å². The van der Waals surface area contributed by atoms with E-state index >= 15 is 0 Å². The molecule has 1 atom stereocenters. The highest BCUT2D eigenvalue weighted by Gasteiger charge is 2.08. The normalized spacial score (nSPS) is 12.9. The van der Waals surface area contributed by atoms with E-state index in [-0.39, 0.29) is 6.04 Å². The molecule has 17 heavy (non-hydrogen) atoms. The Kier molecular flexibility index (Phi) is 7.91. The Labute approximate surface area is 114 Å². The van der Waals surface area contributed by atoms with Gasteiger partial charge in [0.25, 0.3) is 0 Å². The third-order valence-corrected chi connectivity index (χ3v) is 4.48. The van der Waals surface area contributed by atoms with E-state index in [2.05, 4.69) is 6.92 Å². The summed E-state index contributed by atoms with van der Waals surface area (Å²) in [6.07, 6.45) is 10.1. The molecule has 1 aromatic heterocycles. The molecule has 1 rings (SSSR count). The smallest absolute Gasteiger partial charge is 0.0545 e. The summed E-state index contributed by atoms with van der Waals surface area (Å²) in [5.74, 6) is 0. The molecule has 0 aliphatic rings. The Bertz CT molecular complexity index is 298. The summed E-state index contributed by atoms with van der Waals surface area (Å²) in [6, 6.07) is 2.23. The van der Waals surface area contributed by atoms with Crippen molar-refractivity contribution in [1.82, 2.24) is 0 Å². The van der Waals surface area contributed by atoms with Crippen LogP contribution in [0.25, 0.3) is 0 Å². The fourth-order valence-electron chi connectivity index (χ4n) is 2.00. The Balaban J connectivity index is 2.05. The van der Waals surface area contributed by atoms with E-state index in [1.165, 1.54) is 43.4 Å². The van der Waals surface area contributed by atoms with Crippen LogP contribution in [0.1, 0.15) is 56.7 Å². The molecule has 98 valence electrons. The van der Waals surface area contributed by atoms with Crippen LogP contribution >= 0.6 is 22.9 Å². The molecule has 0 spiro atoms. The van der Waals surface area contributed by atoms with Crippen molar-refractivity contribution in [2.75, 3.05) is 0 Å². The average molecular weight is 274 g/mol. The van der Waals surface area contributed by atoms with E-state index in [1.807, 2.05) is 11.4 Å². The quantitative estimate of drug-likeness (QED) is 0.628. The van der Waals surface area contributed by atoms with Gasteiger partial charge in [-0.05, 0) is 24.3 Å². The van der Waals surface area contributed by atoms with E-state index in [4.69, 9.17) is 17.3 Å². The molecule has 1 heterocycles. The maximum Gasteiger partial charge on any atom is 0.0545 e. The Morgan fingerprint density at radius 2 is 1.94 bits per heavy atom. The van der Waals surface area contributed by atoms with Crippen LogP contribution in [0.5, 0.6) is 0 Å². The van der Waals surface area contributed by atoms with Gasteiger partial charge >= 0.3 is 0 Å². The summed E-state index contributed by atoms with van der Waals surface area (Å²) in [5.41, 5.74) is 6.12. The maximum absolute atomic E-state index is 6.12. The van der Waals surface area contributed by atoms with Crippen molar-refractivity contribution in [1.29, 1.82) is 0 Å². The summed E-state index contributed by atoms with van der Waals surface area (Å²) < 4.78 is 0. The number of halogens is 1. The topological polar surface area (TPSA) is 26.0 Å². The number of hydrogen-bond donors (Lipinski definition) is 1. The lowest BCUT2D eigenvalue weighted by atomic mass is 10.0. The fourth-order valence-corrected chi connectivity index (χ4v) is 3.21. The number of hydrogen-bond acceptors (Lipinski definition) is 2. The summed E-state index contributed by atoms with van der Waals surface area (Å²) >= 11 is 7.77. The molecule has 1 unspecified atom stereocenters. The lowest BCUT2D eigenvalue weighted by Crippen LogP contribution is -2.22. The Morgan fingerprint density at radius 1 is 1.24 bits per heavy atom. The van der Waals surface area contributed by atoms with Gasteiger partial charge in [-0.2, -0.15) is 0 Å². The molecule has 0 saturated heterocycles. The largest absolute Gasteiger partial charge is 0.327 e. The minimum Gasteiger partial charge on any atom is -0.327 e. The molecule has 1 nitrogen and oxygen atoms in total. The van der Waals surface area contributed by atoms with Crippen LogP contribution in [0.3, 0.4) is 0 Å². The van der Waals surface area contributed by atoms with Crippen LogP contribution in [-0.4, -0.2) is 6.04 Å². The molecule has 0 amide bonds. The average Bonchev–Trinajstić information content (AvgIpc) is 2.69. The first-order chi connectivity index (χ1) is 8.24. The second-order valence-electron chi connectivity index (χ2n) is 4.71. The summed E-state index contributed by atoms with van der Waals surface area (Å²) in [4.78, 5) is 1.24. The molecule has 0 aliphatic heterocycles. The molecule has 0 fully saturated rings. The molecule has 0 saturated carbocycles. The first-order valence-electron chi connectivity index (χ1n) is 6.71. The Hall–Kier alpha value is -0.0500. The molecule has 0 aromatic carbocycles. The van der Waals surface area contributed by atoms with Gasteiger partial charge in [0.15, 0.2) is 0 Å². The van der Waals surface area contributed by atoms with Crippen molar-refractivity contribution in [2.24, 2.45) is 5.73 Å². The van der Waals surface area contributed by atoms with E-state index in [9.17, 15) is 0 Å². The van der Waals surface area contributed by atoms with E-state index < -0.39 is 0 Å². The second kappa shape index (κ2) is 8.96. The van der Waals surface area contributed by atoms with Gasteiger partial charge in [-0.25, -0.2) is 0 Å². The van der Waals surface area contributed by atoms with Gasteiger partial charge in [-0.3, -0.25) is 0 Å². The van der Waals surface area contributed by atoms with Gasteiger partial charge < -0.3 is 5.73 Å². The lowest BCUT2D eigenvalue weighted by molar-refractivity contribution is 0.534. The predicted octanol–water partition coefficient (Wildman–Crippen LogP) is 5.02. The first-order valence-corrected chi connectivity index (χ1v) is 7.97. The molecule has 0 radical (unpaired) electrons. The number of rotatable bonds is 9. The molecule has 2 N–H and O–H groups in total. The number of thiophene rings is 1. The van der Waals surface area contributed by atoms with Crippen LogP contribution < -0.4 is 5.73 Å². The van der Waals surface area contributed by atoms with Crippen molar-refractivity contribution in [3.63, 3.8) is 0 Å². The first kappa shape index (κ1) is 15.0. The van der Waals surface area contributed by atoms with Gasteiger partial charge in [0.05, 0.1) is 5.02 Å². The number of unbranched alkanes of at least 4 members (excludes halogenated alkanes) is 5. The van der Waals surface area contributed by atoms with Crippen LogP contribution in [-0.2, 0) is 6.42 Å². The zero-order chi connectivity index (χ0) is 12.5. The lowest BCUT2D eigenvalue weighted by Gasteiger charge is -2.10. The highest BCUT2D eigenvalue weighted by Crippen LogP contribution is 2.24. The minimum absolute atomic E-state index is 0.275. The van der Waals surface area contributed by atoms with Gasteiger partial charge in [0, 0.05) is 10.9 Å².